The molecule has 0 bridgehead atoms. The molecule has 92 valence electrons. The fourth-order valence-electron chi connectivity index (χ4n) is 1.73. The highest BCUT2D eigenvalue weighted by Gasteiger charge is 2.14. The molecule has 0 fully saturated rings. The molecule has 0 unspecified atom stereocenters. The lowest BCUT2D eigenvalue weighted by Crippen LogP contribution is -2.13. The van der Waals surface area contributed by atoms with Gasteiger partial charge in [0.2, 0.25) is 5.91 Å². The molecule has 0 atom stereocenters. The first kappa shape index (κ1) is 12.7. The van der Waals surface area contributed by atoms with Crippen molar-refractivity contribution in [1.82, 2.24) is 4.72 Å². The Hall–Kier alpha value is -1.74. The lowest BCUT2D eigenvalue weighted by molar-refractivity contribution is -0.117. The molecule has 0 aliphatic carbocycles. The highest BCUT2D eigenvalue weighted by molar-refractivity contribution is 7.98. The van der Waals surface area contributed by atoms with E-state index >= 15 is 0 Å². The standard InChI is InChI=1S/C15H15NOS/c1-12(17)16-18-15(13-8-4-2-5-9-13)14-10-6-3-7-11-14/h2-11,15H,1H3,(H,16,17). The predicted molar refractivity (Wildman–Crippen MR) is 76.1 cm³/mol. The fourth-order valence-corrected chi connectivity index (χ4v) is 2.60. The molecule has 18 heavy (non-hydrogen) atoms. The number of rotatable bonds is 4. The maximum absolute atomic E-state index is 11.1. The maximum Gasteiger partial charge on any atom is 0.226 e. The van der Waals surface area contributed by atoms with Crippen molar-refractivity contribution in [2.45, 2.75) is 12.2 Å². The van der Waals surface area contributed by atoms with Gasteiger partial charge in [0, 0.05) is 6.92 Å². The summed E-state index contributed by atoms with van der Waals surface area (Å²) in [6, 6.07) is 20.3. The van der Waals surface area contributed by atoms with Crippen LogP contribution in [0.25, 0.3) is 0 Å². The maximum atomic E-state index is 11.1. The minimum absolute atomic E-state index is 0.0307. The van der Waals surface area contributed by atoms with Crippen molar-refractivity contribution in [3.63, 3.8) is 0 Å². The third-order valence-electron chi connectivity index (χ3n) is 2.53. The van der Waals surface area contributed by atoms with Gasteiger partial charge in [-0.15, -0.1) is 0 Å². The summed E-state index contributed by atoms with van der Waals surface area (Å²) in [5, 5.41) is 0.122. The van der Waals surface area contributed by atoms with Crippen LogP contribution in [0.2, 0.25) is 0 Å². The minimum atomic E-state index is -0.0307. The first-order chi connectivity index (χ1) is 8.77. The van der Waals surface area contributed by atoms with Gasteiger partial charge in [0.25, 0.3) is 0 Å². The van der Waals surface area contributed by atoms with E-state index in [0.29, 0.717) is 0 Å². The number of carbonyl (C=O) groups is 1. The van der Waals surface area contributed by atoms with Crippen LogP contribution in [0, 0.1) is 0 Å². The molecular formula is C15H15NOS. The van der Waals surface area contributed by atoms with Crippen molar-refractivity contribution in [2.24, 2.45) is 0 Å². The fraction of sp³-hybridized carbons (Fsp3) is 0.133. The number of amides is 1. The molecule has 0 radical (unpaired) electrons. The van der Waals surface area contributed by atoms with Gasteiger partial charge in [0.1, 0.15) is 0 Å². The number of hydrogen-bond acceptors (Lipinski definition) is 2. The summed E-state index contributed by atoms with van der Waals surface area (Å²) < 4.78 is 2.82. The van der Waals surface area contributed by atoms with Gasteiger partial charge >= 0.3 is 0 Å². The molecule has 2 rings (SSSR count). The lowest BCUT2D eigenvalue weighted by Gasteiger charge is -2.17. The first-order valence-electron chi connectivity index (χ1n) is 5.79. The summed E-state index contributed by atoms with van der Waals surface area (Å²) in [6.07, 6.45) is 0. The van der Waals surface area contributed by atoms with E-state index in [2.05, 4.69) is 29.0 Å². The van der Waals surface area contributed by atoms with Crippen LogP contribution in [-0.4, -0.2) is 5.91 Å². The molecule has 0 spiro atoms. The molecule has 0 aromatic heterocycles. The normalized spacial score (nSPS) is 10.3. The van der Waals surface area contributed by atoms with Gasteiger partial charge in [0.05, 0.1) is 5.25 Å². The Bertz CT molecular complexity index is 459. The Morgan fingerprint density at radius 1 is 0.944 bits per heavy atom. The average Bonchev–Trinajstić information content (AvgIpc) is 2.41. The number of carbonyl (C=O) groups excluding carboxylic acids is 1. The smallest absolute Gasteiger partial charge is 0.226 e. The summed E-state index contributed by atoms with van der Waals surface area (Å²) >= 11 is 1.44. The predicted octanol–water partition coefficient (Wildman–Crippen LogP) is 3.56. The quantitative estimate of drug-likeness (QED) is 0.848. The van der Waals surface area contributed by atoms with Gasteiger partial charge in [-0.2, -0.15) is 0 Å². The monoisotopic (exact) mass is 257 g/mol. The number of hydrogen-bond donors (Lipinski definition) is 1. The van der Waals surface area contributed by atoms with Crippen LogP contribution in [0.15, 0.2) is 60.7 Å². The van der Waals surface area contributed by atoms with Crippen LogP contribution in [0.1, 0.15) is 23.3 Å². The summed E-state index contributed by atoms with van der Waals surface area (Å²) in [7, 11) is 0. The van der Waals surface area contributed by atoms with E-state index in [4.69, 9.17) is 0 Å². The molecule has 0 heterocycles. The van der Waals surface area contributed by atoms with Crippen molar-refractivity contribution in [3.05, 3.63) is 71.8 Å². The van der Waals surface area contributed by atoms with Crippen molar-refractivity contribution >= 4 is 17.9 Å². The molecule has 2 nitrogen and oxygen atoms in total. The van der Waals surface area contributed by atoms with Crippen molar-refractivity contribution < 1.29 is 4.79 Å². The van der Waals surface area contributed by atoms with Gasteiger partial charge in [0.15, 0.2) is 0 Å². The topological polar surface area (TPSA) is 29.1 Å². The van der Waals surface area contributed by atoms with Crippen LogP contribution >= 0.6 is 11.9 Å². The van der Waals surface area contributed by atoms with E-state index in [-0.39, 0.29) is 11.2 Å². The third kappa shape index (κ3) is 3.37. The second-order valence-electron chi connectivity index (χ2n) is 3.98. The van der Waals surface area contributed by atoms with E-state index in [1.54, 1.807) is 0 Å². The number of benzene rings is 2. The van der Waals surface area contributed by atoms with Gasteiger partial charge in [-0.05, 0) is 23.1 Å². The second-order valence-corrected chi connectivity index (χ2v) is 4.89. The van der Waals surface area contributed by atoms with E-state index in [1.165, 1.54) is 30.0 Å². The molecule has 2 aromatic carbocycles. The lowest BCUT2D eigenvalue weighted by atomic mass is 10.0. The molecule has 0 aliphatic rings. The minimum Gasteiger partial charge on any atom is -0.300 e. The summed E-state index contributed by atoms with van der Waals surface area (Å²) in [5.74, 6) is -0.0307. The van der Waals surface area contributed by atoms with Crippen molar-refractivity contribution in [3.8, 4) is 0 Å². The van der Waals surface area contributed by atoms with Crippen molar-refractivity contribution in [1.29, 1.82) is 0 Å². The Labute approximate surface area is 112 Å². The molecular weight excluding hydrogens is 242 g/mol. The van der Waals surface area contributed by atoms with Gasteiger partial charge in [-0.3, -0.25) is 9.52 Å². The Balaban J connectivity index is 2.26. The van der Waals surface area contributed by atoms with Crippen LogP contribution < -0.4 is 4.72 Å². The van der Waals surface area contributed by atoms with Gasteiger partial charge in [-0.25, -0.2) is 0 Å². The van der Waals surface area contributed by atoms with Crippen LogP contribution in [0.3, 0.4) is 0 Å². The van der Waals surface area contributed by atoms with E-state index in [1.807, 2.05) is 36.4 Å². The summed E-state index contributed by atoms with van der Waals surface area (Å²) in [6.45, 7) is 1.53. The Morgan fingerprint density at radius 3 is 1.78 bits per heavy atom. The molecule has 3 heteroatoms. The SMILES string of the molecule is CC(=O)NSC(c1ccccc1)c1ccccc1. The van der Waals surface area contributed by atoms with Crippen LogP contribution in [-0.2, 0) is 4.79 Å². The second kappa shape index (κ2) is 6.26. The Morgan fingerprint density at radius 2 is 1.39 bits per heavy atom. The molecule has 2 aromatic rings. The first-order valence-corrected chi connectivity index (χ1v) is 6.67. The van der Waals surface area contributed by atoms with Crippen LogP contribution in [0.4, 0.5) is 0 Å². The summed E-state index contributed by atoms with van der Waals surface area (Å²) in [5.41, 5.74) is 2.37. The third-order valence-corrected chi connectivity index (χ3v) is 3.71. The highest BCUT2D eigenvalue weighted by Crippen LogP contribution is 2.33. The van der Waals surface area contributed by atoms with E-state index in [9.17, 15) is 4.79 Å². The van der Waals surface area contributed by atoms with Crippen LogP contribution in [0.5, 0.6) is 0 Å². The molecule has 1 N–H and O–H groups in total. The van der Waals surface area contributed by atoms with Gasteiger partial charge in [-0.1, -0.05) is 60.7 Å². The largest absolute Gasteiger partial charge is 0.300 e. The van der Waals surface area contributed by atoms with E-state index < -0.39 is 0 Å². The summed E-state index contributed by atoms with van der Waals surface area (Å²) in [4.78, 5) is 11.1. The molecule has 0 aliphatic heterocycles. The van der Waals surface area contributed by atoms with Gasteiger partial charge < -0.3 is 0 Å². The zero-order valence-corrected chi connectivity index (χ0v) is 11.0. The Kier molecular flexibility index (Phi) is 4.42. The average molecular weight is 257 g/mol. The van der Waals surface area contributed by atoms with Crippen molar-refractivity contribution in [2.75, 3.05) is 0 Å². The zero-order chi connectivity index (χ0) is 12.8. The number of nitrogens with one attached hydrogen (secondary N) is 1. The zero-order valence-electron chi connectivity index (χ0n) is 10.2. The van der Waals surface area contributed by atoms with E-state index in [0.717, 1.165) is 0 Å². The molecule has 0 saturated heterocycles. The highest BCUT2D eigenvalue weighted by atomic mass is 32.2. The molecule has 0 saturated carbocycles. The molecule has 1 amide bonds.